The van der Waals surface area contributed by atoms with Crippen molar-refractivity contribution in [2.45, 2.75) is 27.0 Å². The summed E-state index contributed by atoms with van der Waals surface area (Å²) >= 11 is 5.50. The molecule has 0 spiro atoms. The van der Waals surface area contributed by atoms with Crippen LogP contribution in [0.4, 0.5) is 14.5 Å². The number of aryl methyl sites for hydroxylation is 2. The van der Waals surface area contributed by atoms with Crippen LogP contribution in [0.5, 0.6) is 5.75 Å². The number of nitrogens with zero attached hydrogens (tertiary/aromatic N) is 2. The maximum absolute atomic E-state index is 12.7. The first kappa shape index (κ1) is 20.5. The zero-order chi connectivity index (χ0) is 20.1. The molecule has 2 aromatic rings. The Bertz CT molecular complexity index is 823. The maximum atomic E-state index is 12.7. The molecule has 4 nitrogen and oxygen atoms in total. The smallest absolute Gasteiger partial charge is 0.387 e. The highest BCUT2D eigenvalue weighted by molar-refractivity contribution is 7.80. The quantitative estimate of drug-likeness (QED) is 0.744. The molecule has 1 aliphatic rings. The van der Waals surface area contributed by atoms with Gasteiger partial charge >= 0.3 is 6.61 Å². The van der Waals surface area contributed by atoms with Gasteiger partial charge in [0, 0.05) is 32.7 Å². The Kier molecular flexibility index (Phi) is 6.80. The van der Waals surface area contributed by atoms with E-state index in [1.54, 1.807) is 12.1 Å². The first-order valence-electron chi connectivity index (χ1n) is 9.30. The van der Waals surface area contributed by atoms with Gasteiger partial charge in [0.25, 0.3) is 0 Å². The average molecular weight is 406 g/mol. The van der Waals surface area contributed by atoms with E-state index in [4.69, 9.17) is 12.2 Å². The molecule has 2 aromatic carbocycles. The van der Waals surface area contributed by atoms with Crippen molar-refractivity contribution in [1.82, 2.24) is 9.80 Å². The number of piperazine rings is 1. The molecule has 7 heteroatoms. The van der Waals surface area contributed by atoms with E-state index in [1.165, 1.54) is 11.1 Å². The second-order valence-corrected chi connectivity index (χ2v) is 7.38. The molecule has 0 aliphatic carbocycles. The van der Waals surface area contributed by atoms with Gasteiger partial charge in [-0.25, -0.2) is 0 Å². The van der Waals surface area contributed by atoms with E-state index in [9.17, 15) is 8.78 Å². The molecule has 0 amide bonds. The third kappa shape index (κ3) is 5.39. The number of rotatable bonds is 5. The summed E-state index contributed by atoms with van der Waals surface area (Å²) in [6.07, 6.45) is 0. The van der Waals surface area contributed by atoms with Gasteiger partial charge in [-0.05, 0) is 54.9 Å². The van der Waals surface area contributed by atoms with Gasteiger partial charge in [-0.15, -0.1) is 0 Å². The topological polar surface area (TPSA) is 27.7 Å². The van der Waals surface area contributed by atoms with Crippen molar-refractivity contribution in [2.24, 2.45) is 0 Å². The van der Waals surface area contributed by atoms with E-state index in [1.807, 2.05) is 13.0 Å². The van der Waals surface area contributed by atoms with Gasteiger partial charge < -0.3 is 15.0 Å². The maximum Gasteiger partial charge on any atom is 0.387 e. The number of alkyl halides is 2. The lowest BCUT2D eigenvalue weighted by atomic mass is 10.1. The fraction of sp³-hybridized carbons (Fsp3) is 0.381. The highest BCUT2D eigenvalue weighted by Gasteiger charge is 2.20. The fourth-order valence-corrected chi connectivity index (χ4v) is 3.55. The first-order chi connectivity index (χ1) is 13.4. The summed E-state index contributed by atoms with van der Waals surface area (Å²) in [5, 5.41) is 3.59. The number of hydrogen-bond acceptors (Lipinski definition) is 3. The van der Waals surface area contributed by atoms with Crippen molar-refractivity contribution in [2.75, 3.05) is 31.5 Å². The molecular weight excluding hydrogens is 380 g/mol. The Balaban J connectivity index is 1.56. The van der Waals surface area contributed by atoms with Crippen LogP contribution < -0.4 is 10.1 Å². The summed E-state index contributed by atoms with van der Waals surface area (Å²) in [4.78, 5) is 4.47. The number of thiocarbonyl (C=S) groups is 1. The molecule has 0 atom stereocenters. The Morgan fingerprint density at radius 3 is 2.50 bits per heavy atom. The summed E-state index contributed by atoms with van der Waals surface area (Å²) in [7, 11) is 0. The van der Waals surface area contributed by atoms with Crippen molar-refractivity contribution in [1.29, 1.82) is 0 Å². The number of ether oxygens (including phenoxy) is 1. The van der Waals surface area contributed by atoms with E-state index in [0.29, 0.717) is 10.8 Å². The van der Waals surface area contributed by atoms with E-state index in [0.717, 1.165) is 38.3 Å². The second-order valence-electron chi connectivity index (χ2n) is 7.00. The lowest BCUT2D eigenvalue weighted by Gasteiger charge is -2.36. The third-order valence-electron chi connectivity index (χ3n) is 4.91. The molecule has 1 aliphatic heterocycles. The Morgan fingerprint density at radius 2 is 1.82 bits per heavy atom. The zero-order valence-corrected chi connectivity index (χ0v) is 16.9. The van der Waals surface area contributed by atoms with Gasteiger partial charge in [-0.3, -0.25) is 4.90 Å². The lowest BCUT2D eigenvalue weighted by Crippen LogP contribution is -2.49. The number of nitrogens with one attached hydrogen (secondary N) is 1. The summed E-state index contributed by atoms with van der Waals surface area (Å²) in [6, 6.07) is 13.5. The fourth-order valence-electron chi connectivity index (χ4n) is 3.26. The second kappa shape index (κ2) is 9.30. The minimum Gasteiger partial charge on any atom is -0.433 e. The van der Waals surface area contributed by atoms with E-state index in [-0.39, 0.29) is 5.75 Å². The molecule has 1 fully saturated rings. The molecule has 0 radical (unpaired) electrons. The van der Waals surface area contributed by atoms with Crippen LogP contribution in [0, 0.1) is 13.8 Å². The van der Waals surface area contributed by atoms with Crippen LogP contribution in [0.1, 0.15) is 16.7 Å². The summed E-state index contributed by atoms with van der Waals surface area (Å²) < 4.78 is 30.0. The molecule has 3 rings (SSSR count). The average Bonchev–Trinajstić information content (AvgIpc) is 2.66. The monoisotopic (exact) mass is 405 g/mol. The van der Waals surface area contributed by atoms with Crippen LogP contribution >= 0.6 is 12.2 Å². The normalized spacial score (nSPS) is 15.0. The first-order valence-corrected chi connectivity index (χ1v) is 9.71. The summed E-state index contributed by atoms with van der Waals surface area (Å²) in [5.74, 6) is 0.107. The van der Waals surface area contributed by atoms with Gasteiger partial charge in [0.1, 0.15) is 5.75 Å². The minimum atomic E-state index is -2.87. The molecule has 0 bridgehead atoms. The zero-order valence-electron chi connectivity index (χ0n) is 16.1. The highest BCUT2D eigenvalue weighted by Crippen LogP contribution is 2.28. The number of benzene rings is 2. The SMILES string of the molecule is Cc1ccc(NC(=S)N2CCN(Cc3ccccc3C)CC2)c(OC(F)F)c1. The van der Waals surface area contributed by atoms with Crippen LogP contribution in [0.2, 0.25) is 0 Å². The Hall–Kier alpha value is -2.25. The Morgan fingerprint density at radius 1 is 1.11 bits per heavy atom. The van der Waals surface area contributed by atoms with Crippen molar-refractivity contribution >= 4 is 23.0 Å². The number of halogens is 2. The number of anilines is 1. The van der Waals surface area contributed by atoms with Crippen LogP contribution in [0.15, 0.2) is 42.5 Å². The molecule has 28 heavy (non-hydrogen) atoms. The van der Waals surface area contributed by atoms with Crippen LogP contribution in [0.3, 0.4) is 0 Å². The van der Waals surface area contributed by atoms with Crippen LogP contribution in [-0.2, 0) is 6.54 Å². The van der Waals surface area contributed by atoms with E-state index >= 15 is 0 Å². The largest absolute Gasteiger partial charge is 0.433 e. The van der Waals surface area contributed by atoms with Gasteiger partial charge in [-0.1, -0.05) is 30.3 Å². The van der Waals surface area contributed by atoms with Crippen molar-refractivity contribution < 1.29 is 13.5 Å². The molecule has 1 heterocycles. The van der Waals surface area contributed by atoms with Crippen LogP contribution in [-0.4, -0.2) is 47.7 Å². The van der Waals surface area contributed by atoms with Gasteiger partial charge in [-0.2, -0.15) is 8.78 Å². The molecular formula is C21H25F2N3OS. The van der Waals surface area contributed by atoms with Crippen LogP contribution in [0.25, 0.3) is 0 Å². The summed E-state index contributed by atoms with van der Waals surface area (Å²) in [5.41, 5.74) is 3.94. The molecule has 1 N–H and O–H groups in total. The van der Waals surface area contributed by atoms with E-state index < -0.39 is 6.61 Å². The van der Waals surface area contributed by atoms with Gasteiger partial charge in [0.2, 0.25) is 0 Å². The molecule has 150 valence electrons. The molecule has 0 saturated carbocycles. The van der Waals surface area contributed by atoms with Crippen molar-refractivity contribution in [3.8, 4) is 5.75 Å². The van der Waals surface area contributed by atoms with Crippen molar-refractivity contribution in [3.63, 3.8) is 0 Å². The van der Waals surface area contributed by atoms with E-state index in [2.05, 4.69) is 51.0 Å². The standard InChI is InChI=1S/C21H25F2N3OS/c1-15-7-8-18(19(13-15)27-20(22)23)24-21(28)26-11-9-25(10-12-26)14-17-6-4-3-5-16(17)2/h3-8,13,20H,9-12,14H2,1-2H3,(H,24,28). The van der Waals surface area contributed by atoms with Gasteiger partial charge in [0.15, 0.2) is 5.11 Å². The molecule has 1 saturated heterocycles. The number of hydrogen-bond donors (Lipinski definition) is 1. The Labute approximate surface area is 170 Å². The summed E-state index contributed by atoms with van der Waals surface area (Å²) in [6.45, 7) is 5.36. The minimum absolute atomic E-state index is 0.107. The molecule has 0 unspecified atom stereocenters. The highest BCUT2D eigenvalue weighted by atomic mass is 32.1. The third-order valence-corrected chi connectivity index (χ3v) is 5.27. The predicted octanol–water partition coefficient (Wildman–Crippen LogP) is 4.42. The molecule has 0 aromatic heterocycles. The van der Waals surface area contributed by atoms with Gasteiger partial charge in [0.05, 0.1) is 5.69 Å². The lowest BCUT2D eigenvalue weighted by molar-refractivity contribution is -0.0493. The predicted molar refractivity (Wildman–Crippen MR) is 112 cm³/mol. The van der Waals surface area contributed by atoms with Crippen molar-refractivity contribution in [3.05, 3.63) is 59.2 Å².